The number of carboxylic acid groups (broad SMARTS) is 1. The zero-order chi connectivity index (χ0) is 37.4. The van der Waals surface area contributed by atoms with Gasteiger partial charge in [-0.3, -0.25) is 0 Å². The molecule has 0 spiro atoms. The summed E-state index contributed by atoms with van der Waals surface area (Å²) in [4.78, 5) is 22.5. The van der Waals surface area contributed by atoms with E-state index in [-0.39, 0.29) is 28.0 Å². The Balaban J connectivity index is 0.000000271. The molecule has 1 unspecified atom stereocenters. The van der Waals surface area contributed by atoms with Crippen LogP contribution in [0.5, 0.6) is 34.5 Å². The van der Waals surface area contributed by atoms with Gasteiger partial charge >= 0.3 is 24.3 Å². The molecule has 1 N–H and O–H groups in total. The molecule has 4 aromatic carbocycles. The van der Waals surface area contributed by atoms with Crippen molar-refractivity contribution < 1.29 is 64.7 Å². The van der Waals surface area contributed by atoms with Gasteiger partial charge in [0.2, 0.25) is 0 Å². The molecule has 8 nitrogen and oxygen atoms in total. The number of carbonyl (C=O) groups is 2. The average molecular weight is 729 g/mol. The zero-order valence-electron chi connectivity index (χ0n) is 27.1. The number of methoxy groups -OCH3 is 1. The highest BCUT2D eigenvalue weighted by Crippen LogP contribution is 2.38. The first-order valence-electron chi connectivity index (χ1n) is 14.5. The Hall–Kier alpha value is -5.11. The predicted octanol–water partition coefficient (Wildman–Crippen LogP) is 10.1. The van der Waals surface area contributed by atoms with Gasteiger partial charge in [-0.2, -0.15) is 26.3 Å². The summed E-state index contributed by atoms with van der Waals surface area (Å²) in [6, 6.07) is 18.1. The number of alkyl halides is 6. The lowest BCUT2D eigenvalue weighted by atomic mass is 10.1. The Labute approximate surface area is 288 Å². The normalized spacial score (nSPS) is 12.2. The van der Waals surface area contributed by atoms with Crippen LogP contribution in [0.15, 0.2) is 84.9 Å². The smallest absolute Gasteiger partial charge is 0.416 e. The quantitative estimate of drug-likeness (QED) is 0.127. The van der Waals surface area contributed by atoms with Crippen LogP contribution in [-0.2, 0) is 26.7 Å². The molecule has 4 aromatic rings. The number of ether oxygens (including phenoxy) is 5. The first-order chi connectivity index (χ1) is 23.2. The topological polar surface area (TPSA) is 101 Å². The molecule has 0 heterocycles. The van der Waals surface area contributed by atoms with Crippen molar-refractivity contribution in [1.82, 2.24) is 0 Å². The van der Waals surface area contributed by atoms with Crippen molar-refractivity contribution in [2.45, 2.75) is 51.8 Å². The van der Waals surface area contributed by atoms with Crippen molar-refractivity contribution in [2.24, 2.45) is 0 Å². The predicted molar refractivity (Wildman–Crippen MR) is 170 cm³/mol. The molecular weight excluding hydrogens is 698 g/mol. The van der Waals surface area contributed by atoms with Crippen molar-refractivity contribution in [3.8, 4) is 34.5 Å². The fraction of sp³-hybridized carbons (Fsp3) is 0.257. The molecule has 0 saturated heterocycles. The molecule has 1 atom stereocenters. The number of aryl methyl sites for hydroxylation is 1. The summed E-state index contributed by atoms with van der Waals surface area (Å²) >= 11 is 5.85. The molecule has 0 saturated carbocycles. The monoisotopic (exact) mass is 728 g/mol. The van der Waals surface area contributed by atoms with Gasteiger partial charge in [0, 0.05) is 0 Å². The van der Waals surface area contributed by atoms with Gasteiger partial charge in [0.25, 0.3) is 0 Å². The Morgan fingerprint density at radius 1 is 0.700 bits per heavy atom. The number of hydrogen-bond donors (Lipinski definition) is 1. The second-order valence-electron chi connectivity index (χ2n) is 11.0. The van der Waals surface area contributed by atoms with E-state index < -0.39 is 47.1 Å². The lowest BCUT2D eigenvalue weighted by Gasteiger charge is -2.23. The van der Waals surface area contributed by atoms with Crippen molar-refractivity contribution in [2.75, 3.05) is 7.11 Å². The largest absolute Gasteiger partial charge is 0.479 e. The number of halogens is 7. The highest BCUT2D eigenvalue weighted by molar-refractivity contribution is 6.32. The van der Waals surface area contributed by atoms with E-state index in [1.54, 1.807) is 51.1 Å². The summed E-state index contributed by atoms with van der Waals surface area (Å²) in [5, 5.41) is 8.75. The van der Waals surface area contributed by atoms with Gasteiger partial charge < -0.3 is 28.8 Å². The Morgan fingerprint density at radius 3 is 1.68 bits per heavy atom. The van der Waals surface area contributed by atoms with Crippen molar-refractivity contribution in [1.29, 1.82) is 0 Å². The third-order valence-corrected chi connectivity index (χ3v) is 6.82. The molecule has 0 aliphatic heterocycles. The first-order valence-corrected chi connectivity index (χ1v) is 14.8. The maximum Gasteiger partial charge on any atom is 0.416 e. The van der Waals surface area contributed by atoms with E-state index in [1.165, 1.54) is 38.3 Å². The second kappa shape index (κ2) is 16.1. The van der Waals surface area contributed by atoms with E-state index >= 15 is 0 Å². The van der Waals surface area contributed by atoms with Crippen LogP contribution >= 0.6 is 11.6 Å². The van der Waals surface area contributed by atoms with Crippen LogP contribution in [-0.4, -0.2) is 35.9 Å². The number of rotatable bonds is 10. The van der Waals surface area contributed by atoms with Gasteiger partial charge in [0.1, 0.15) is 23.0 Å². The molecule has 0 aliphatic carbocycles. The Bertz CT molecular complexity index is 1770. The van der Waals surface area contributed by atoms with E-state index in [9.17, 15) is 35.9 Å². The molecule has 0 fully saturated rings. The van der Waals surface area contributed by atoms with E-state index in [2.05, 4.69) is 4.74 Å². The SMILES string of the molecule is COC(=O)C(C)(C)Oc1ccc(Oc2ccc(C(F)(F)F)cc2Cl)cc1.Cc1ccc(OC(C)C(=O)O)c(Oc2ccc(C(F)(F)F)cc2)c1. The summed E-state index contributed by atoms with van der Waals surface area (Å²) < 4.78 is 102. The number of aliphatic carboxylic acids is 1. The molecule has 15 heteroatoms. The van der Waals surface area contributed by atoms with E-state index in [4.69, 9.17) is 35.7 Å². The summed E-state index contributed by atoms with van der Waals surface area (Å²) in [6.45, 7) is 6.28. The maximum atomic E-state index is 12.6. The minimum atomic E-state index is -4.48. The zero-order valence-corrected chi connectivity index (χ0v) is 27.9. The van der Waals surface area contributed by atoms with E-state index in [1.807, 2.05) is 0 Å². The van der Waals surface area contributed by atoms with Crippen LogP contribution in [0.25, 0.3) is 0 Å². The van der Waals surface area contributed by atoms with Crippen LogP contribution < -0.4 is 18.9 Å². The van der Waals surface area contributed by atoms with Gasteiger partial charge in [-0.05, 0) is 112 Å². The molecule has 0 bridgehead atoms. The van der Waals surface area contributed by atoms with Crippen LogP contribution in [0.4, 0.5) is 26.3 Å². The van der Waals surface area contributed by atoms with Gasteiger partial charge in [-0.25, -0.2) is 9.59 Å². The summed E-state index contributed by atoms with van der Waals surface area (Å²) in [5.74, 6) is -0.255. The summed E-state index contributed by atoms with van der Waals surface area (Å²) in [5.41, 5.74) is -1.99. The van der Waals surface area contributed by atoms with Crippen molar-refractivity contribution >= 4 is 23.5 Å². The Kier molecular flexibility index (Phi) is 12.6. The van der Waals surface area contributed by atoms with Crippen molar-refractivity contribution in [3.05, 3.63) is 107 Å². The molecule has 0 aliphatic rings. The number of hydrogen-bond acceptors (Lipinski definition) is 7. The fourth-order valence-electron chi connectivity index (χ4n) is 3.92. The summed E-state index contributed by atoms with van der Waals surface area (Å²) in [7, 11) is 1.26. The van der Waals surface area contributed by atoms with Crippen LogP contribution in [0.3, 0.4) is 0 Å². The lowest BCUT2D eigenvalue weighted by molar-refractivity contribution is -0.156. The molecule has 50 heavy (non-hydrogen) atoms. The molecular formula is C35H31ClF6O8. The van der Waals surface area contributed by atoms with Gasteiger partial charge in [0.15, 0.2) is 23.2 Å². The van der Waals surface area contributed by atoms with E-state index in [0.717, 1.165) is 35.9 Å². The van der Waals surface area contributed by atoms with Crippen molar-refractivity contribution in [3.63, 3.8) is 0 Å². The third kappa shape index (κ3) is 11.2. The molecule has 0 radical (unpaired) electrons. The second-order valence-corrected chi connectivity index (χ2v) is 11.4. The number of esters is 1. The number of carboxylic acids is 1. The van der Waals surface area contributed by atoms with Gasteiger partial charge in [0.05, 0.1) is 23.3 Å². The molecule has 268 valence electrons. The third-order valence-electron chi connectivity index (χ3n) is 6.52. The van der Waals surface area contributed by atoms with Crippen LogP contribution in [0.2, 0.25) is 5.02 Å². The minimum Gasteiger partial charge on any atom is -0.479 e. The number of benzene rings is 4. The number of carbonyl (C=O) groups excluding carboxylic acids is 1. The average Bonchev–Trinajstić information content (AvgIpc) is 3.03. The fourth-order valence-corrected chi connectivity index (χ4v) is 4.14. The standard InChI is InChI=1S/C18H16ClF3O4.C17H15F3O4/c1-17(2,16(23)24-3)26-13-7-5-12(6-8-13)25-15-9-4-11(10-14(15)19)18(20,21)22;1-10-3-8-14(23-11(2)16(21)22)15(9-10)24-13-6-4-12(5-7-13)17(18,19)20/h4-10H,1-3H3;3-9,11H,1-2H3,(H,21,22). The van der Waals surface area contributed by atoms with Crippen LogP contribution in [0, 0.1) is 6.92 Å². The maximum absolute atomic E-state index is 12.6. The highest BCUT2D eigenvalue weighted by Gasteiger charge is 2.32. The molecule has 0 amide bonds. The molecule has 4 rings (SSSR count). The van der Waals surface area contributed by atoms with Gasteiger partial charge in [-0.15, -0.1) is 0 Å². The minimum absolute atomic E-state index is 0.0863. The Morgan fingerprint density at radius 2 is 1.18 bits per heavy atom. The van der Waals surface area contributed by atoms with Crippen LogP contribution in [0.1, 0.15) is 37.5 Å². The van der Waals surface area contributed by atoms with Gasteiger partial charge in [-0.1, -0.05) is 17.7 Å². The lowest BCUT2D eigenvalue weighted by Crippen LogP contribution is -2.39. The highest BCUT2D eigenvalue weighted by atomic mass is 35.5. The van der Waals surface area contributed by atoms with E-state index in [0.29, 0.717) is 11.5 Å². The molecule has 0 aromatic heterocycles. The first kappa shape index (κ1) is 39.3. The summed E-state index contributed by atoms with van der Waals surface area (Å²) in [6.07, 6.45) is -10.00.